The number of thioether (sulfide) groups is 1. The van der Waals surface area contributed by atoms with Gasteiger partial charge in [0.25, 0.3) is 0 Å². The Morgan fingerprint density at radius 2 is 2.04 bits per heavy atom. The molecule has 3 heterocycles. The SMILES string of the molecule is CC(C)(C)c1cnc(CSc2cnc(NC(=O)Cc3ccc(CO)nc3)s2)o1. The van der Waals surface area contributed by atoms with Crippen molar-refractivity contribution < 1.29 is 14.3 Å². The van der Waals surface area contributed by atoms with E-state index >= 15 is 0 Å². The summed E-state index contributed by atoms with van der Waals surface area (Å²) in [5.74, 6) is 1.98. The zero-order valence-corrected chi connectivity index (χ0v) is 17.6. The molecule has 2 N–H and O–H groups in total. The van der Waals surface area contributed by atoms with Crippen LogP contribution in [0.5, 0.6) is 0 Å². The molecule has 0 spiro atoms. The molecule has 9 heteroatoms. The standard InChI is InChI=1S/C19H22N4O3S2/c1-19(2,3)14-8-21-16(26-14)11-27-17-9-22-18(28-17)23-15(25)6-12-4-5-13(10-24)20-7-12/h4-5,7-9,24H,6,10-11H2,1-3H3,(H,22,23,25). The number of thiazole rings is 1. The summed E-state index contributed by atoms with van der Waals surface area (Å²) in [5.41, 5.74) is 1.29. The van der Waals surface area contributed by atoms with Crippen LogP contribution >= 0.6 is 23.1 Å². The van der Waals surface area contributed by atoms with Crippen molar-refractivity contribution in [1.82, 2.24) is 15.0 Å². The molecule has 3 aromatic rings. The van der Waals surface area contributed by atoms with Crippen molar-refractivity contribution in [3.63, 3.8) is 0 Å². The zero-order chi connectivity index (χ0) is 20.1. The molecule has 3 rings (SSSR count). The summed E-state index contributed by atoms with van der Waals surface area (Å²) in [6.45, 7) is 6.13. The quantitative estimate of drug-likeness (QED) is 0.563. The van der Waals surface area contributed by atoms with Crippen LogP contribution in [0.15, 0.2) is 39.3 Å². The number of hydrogen-bond donors (Lipinski definition) is 2. The molecule has 0 fully saturated rings. The maximum absolute atomic E-state index is 12.2. The number of pyridine rings is 1. The lowest BCUT2D eigenvalue weighted by Crippen LogP contribution is -2.14. The van der Waals surface area contributed by atoms with E-state index < -0.39 is 0 Å². The minimum absolute atomic E-state index is 0.0637. The first kappa shape index (κ1) is 20.5. The van der Waals surface area contributed by atoms with Crippen molar-refractivity contribution in [2.24, 2.45) is 0 Å². The number of hydrogen-bond acceptors (Lipinski definition) is 8. The van der Waals surface area contributed by atoms with Gasteiger partial charge in [-0.2, -0.15) is 0 Å². The second-order valence-electron chi connectivity index (χ2n) is 7.18. The number of oxazole rings is 1. The minimum Gasteiger partial charge on any atom is -0.444 e. The van der Waals surface area contributed by atoms with Crippen LogP contribution in [-0.2, 0) is 29.0 Å². The number of aliphatic hydroxyl groups is 1. The zero-order valence-electron chi connectivity index (χ0n) is 15.9. The molecule has 0 aliphatic carbocycles. The highest BCUT2D eigenvalue weighted by atomic mass is 32.2. The summed E-state index contributed by atoms with van der Waals surface area (Å²) >= 11 is 2.98. The highest BCUT2D eigenvalue weighted by Gasteiger charge is 2.19. The number of carbonyl (C=O) groups is 1. The fourth-order valence-corrected chi connectivity index (χ4v) is 3.98. The highest BCUT2D eigenvalue weighted by Crippen LogP contribution is 2.31. The van der Waals surface area contributed by atoms with E-state index in [0.717, 1.165) is 15.5 Å². The van der Waals surface area contributed by atoms with Crippen LogP contribution < -0.4 is 5.32 Å². The molecule has 0 bridgehead atoms. The topological polar surface area (TPSA) is 101 Å². The smallest absolute Gasteiger partial charge is 0.230 e. The van der Waals surface area contributed by atoms with Gasteiger partial charge in [-0.05, 0) is 11.6 Å². The molecule has 0 aliphatic rings. The molecule has 0 radical (unpaired) electrons. The summed E-state index contributed by atoms with van der Waals surface area (Å²) in [6, 6.07) is 3.48. The number of nitrogens with zero attached hydrogens (tertiary/aromatic N) is 3. The summed E-state index contributed by atoms with van der Waals surface area (Å²) in [6.07, 6.45) is 5.30. The van der Waals surface area contributed by atoms with Crippen molar-refractivity contribution in [2.45, 2.75) is 49.2 Å². The number of amides is 1. The van der Waals surface area contributed by atoms with Crippen LogP contribution in [-0.4, -0.2) is 26.0 Å². The molecule has 0 unspecified atom stereocenters. The average Bonchev–Trinajstić information content (AvgIpc) is 3.29. The van der Waals surface area contributed by atoms with Crippen molar-refractivity contribution >= 4 is 34.1 Å². The van der Waals surface area contributed by atoms with Gasteiger partial charge < -0.3 is 14.8 Å². The second kappa shape index (κ2) is 8.85. The average molecular weight is 419 g/mol. The predicted octanol–water partition coefficient (Wildman–Crippen LogP) is 3.79. The molecular formula is C19H22N4O3S2. The first-order valence-electron chi connectivity index (χ1n) is 8.72. The van der Waals surface area contributed by atoms with Gasteiger partial charge in [-0.1, -0.05) is 38.2 Å². The van der Waals surface area contributed by atoms with Crippen molar-refractivity contribution in [2.75, 3.05) is 5.32 Å². The Labute approximate surface area is 171 Å². The van der Waals surface area contributed by atoms with Crippen LogP contribution in [0.1, 0.15) is 43.7 Å². The number of anilines is 1. The Kier molecular flexibility index (Phi) is 6.48. The van der Waals surface area contributed by atoms with Crippen LogP contribution in [0.3, 0.4) is 0 Å². The Balaban J connectivity index is 1.50. The molecular weight excluding hydrogens is 396 g/mol. The van der Waals surface area contributed by atoms with Gasteiger partial charge in [0.2, 0.25) is 11.8 Å². The maximum Gasteiger partial charge on any atom is 0.230 e. The van der Waals surface area contributed by atoms with E-state index in [1.807, 2.05) is 0 Å². The van der Waals surface area contributed by atoms with Gasteiger partial charge in [0.1, 0.15) is 5.76 Å². The largest absolute Gasteiger partial charge is 0.444 e. The van der Waals surface area contributed by atoms with Gasteiger partial charge in [0, 0.05) is 11.6 Å². The van der Waals surface area contributed by atoms with Gasteiger partial charge in [0.05, 0.1) is 41.1 Å². The normalized spacial score (nSPS) is 11.6. The second-order valence-corrected chi connectivity index (χ2v) is 9.49. The monoisotopic (exact) mass is 418 g/mol. The molecule has 0 atom stereocenters. The number of aliphatic hydroxyl groups excluding tert-OH is 1. The summed E-state index contributed by atoms with van der Waals surface area (Å²) < 4.78 is 6.76. The van der Waals surface area contributed by atoms with Crippen LogP contribution in [0, 0.1) is 0 Å². The molecule has 148 valence electrons. The van der Waals surface area contributed by atoms with Crippen molar-refractivity contribution in [3.8, 4) is 0 Å². The summed E-state index contributed by atoms with van der Waals surface area (Å²) in [5, 5.41) is 12.4. The number of aromatic nitrogens is 3. The Hall–Kier alpha value is -2.23. The van der Waals surface area contributed by atoms with Gasteiger partial charge in [-0.25, -0.2) is 9.97 Å². The summed E-state index contributed by atoms with van der Waals surface area (Å²) in [7, 11) is 0. The molecule has 3 aromatic heterocycles. The van der Waals surface area contributed by atoms with E-state index in [0.29, 0.717) is 22.5 Å². The van der Waals surface area contributed by atoms with E-state index in [1.54, 1.807) is 42.5 Å². The molecule has 0 saturated carbocycles. The predicted molar refractivity (Wildman–Crippen MR) is 109 cm³/mol. The molecule has 0 saturated heterocycles. The molecule has 7 nitrogen and oxygen atoms in total. The summed E-state index contributed by atoms with van der Waals surface area (Å²) in [4.78, 5) is 24.8. The van der Waals surface area contributed by atoms with Gasteiger partial charge in [-0.15, -0.1) is 11.8 Å². The molecule has 0 aromatic carbocycles. The Bertz CT molecular complexity index is 929. The van der Waals surface area contributed by atoms with Gasteiger partial charge in [-0.3, -0.25) is 9.78 Å². The van der Waals surface area contributed by atoms with E-state index in [1.165, 1.54) is 11.3 Å². The fourth-order valence-electron chi connectivity index (χ4n) is 2.24. The third-order valence-electron chi connectivity index (χ3n) is 3.77. The number of nitrogens with one attached hydrogen (secondary N) is 1. The Morgan fingerprint density at radius 3 is 2.68 bits per heavy atom. The Morgan fingerprint density at radius 1 is 1.21 bits per heavy atom. The third-order valence-corrected chi connectivity index (χ3v) is 5.87. The van der Waals surface area contributed by atoms with Gasteiger partial charge >= 0.3 is 0 Å². The van der Waals surface area contributed by atoms with Crippen molar-refractivity contribution in [1.29, 1.82) is 0 Å². The van der Waals surface area contributed by atoms with Crippen LogP contribution in [0.25, 0.3) is 0 Å². The van der Waals surface area contributed by atoms with E-state index in [9.17, 15) is 4.79 Å². The lowest BCUT2D eigenvalue weighted by atomic mass is 9.94. The van der Waals surface area contributed by atoms with E-state index in [2.05, 4.69) is 41.0 Å². The van der Waals surface area contributed by atoms with E-state index in [4.69, 9.17) is 9.52 Å². The lowest BCUT2D eigenvalue weighted by molar-refractivity contribution is -0.115. The first-order chi connectivity index (χ1) is 13.3. The third kappa shape index (κ3) is 5.63. The fraction of sp³-hybridized carbons (Fsp3) is 0.368. The highest BCUT2D eigenvalue weighted by molar-refractivity contribution is 8.00. The van der Waals surface area contributed by atoms with E-state index in [-0.39, 0.29) is 24.3 Å². The van der Waals surface area contributed by atoms with Crippen molar-refractivity contribution in [3.05, 3.63) is 53.6 Å². The van der Waals surface area contributed by atoms with Crippen LogP contribution in [0.2, 0.25) is 0 Å². The molecule has 28 heavy (non-hydrogen) atoms. The lowest BCUT2D eigenvalue weighted by Gasteiger charge is -2.12. The maximum atomic E-state index is 12.2. The minimum atomic E-state index is -0.160. The van der Waals surface area contributed by atoms with Crippen LogP contribution in [0.4, 0.5) is 5.13 Å². The number of rotatable bonds is 7. The van der Waals surface area contributed by atoms with Gasteiger partial charge in [0.15, 0.2) is 5.13 Å². The number of carbonyl (C=O) groups excluding carboxylic acids is 1. The molecule has 0 aliphatic heterocycles. The first-order valence-corrected chi connectivity index (χ1v) is 10.5. The molecule has 1 amide bonds.